The molecule has 1 nitrogen and oxygen atoms in total. The fourth-order valence-corrected chi connectivity index (χ4v) is 0.907. The van der Waals surface area contributed by atoms with E-state index >= 15 is 0 Å². The number of nitrogens with one attached hydrogen (secondary N) is 1. The van der Waals surface area contributed by atoms with Gasteiger partial charge in [-0.25, -0.2) is 0 Å². The van der Waals surface area contributed by atoms with Gasteiger partial charge in [0.25, 0.3) is 0 Å². The summed E-state index contributed by atoms with van der Waals surface area (Å²) in [5.74, 6) is 0. The second-order valence-electron chi connectivity index (χ2n) is 2.85. The van der Waals surface area contributed by atoms with Gasteiger partial charge in [-0.15, -0.1) is 0 Å². The third kappa shape index (κ3) is 9.54. The highest BCUT2D eigenvalue weighted by Gasteiger charge is 1.80. The maximum atomic E-state index is 3.23. The van der Waals surface area contributed by atoms with E-state index in [2.05, 4.69) is 31.4 Å². The monoisotopic (exact) mass is 155 g/mol. The Labute approximate surface area is 70.9 Å². The van der Waals surface area contributed by atoms with E-state index in [1.54, 1.807) is 0 Å². The standard InChI is InChI=1S/C10H21N/c1-3-5-6-7-8-10-11-9-4-2/h8,10-11H,3-7,9H2,1-2H3/b10-8-. The Kier molecular flexibility index (Phi) is 9.14. The van der Waals surface area contributed by atoms with Crippen LogP contribution in [0.25, 0.3) is 0 Å². The highest BCUT2D eigenvalue weighted by atomic mass is 14.8. The summed E-state index contributed by atoms with van der Waals surface area (Å²) in [6, 6.07) is 0. The molecule has 0 unspecified atom stereocenters. The van der Waals surface area contributed by atoms with Crippen LogP contribution in [0.4, 0.5) is 0 Å². The Morgan fingerprint density at radius 3 is 2.55 bits per heavy atom. The van der Waals surface area contributed by atoms with Crippen molar-refractivity contribution in [2.24, 2.45) is 0 Å². The molecular weight excluding hydrogens is 134 g/mol. The molecule has 0 bridgehead atoms. The van der Waals surface area contributed by atoms with Crippen LogP contribution in [0.5, 0.6) is 0 Å². The summed E-state index contributed by atoms with van der Waals surface area (Å²) < 4.78 is 0. The molecule has 0 heterocycles. The van der Waals surface area contributed by atoms with Gasteiger partial charge in [-0.05, 0) is 25.5 Å². The number of rotatable bonds is 7. The van der Waals surface area contributed by atoms with Gasteiger partial charge in [0.1, 0.15) is 0 Å². The van der Waals surface area contributed by atoms with Crippen LogP contribution in [0, 0.1) is 0 Å². The predicted molar refractivity (Wildman–Crippen MR) is 51.6 cm³/mol. The van der Waals surface area contributed by atoms with Crippen LogP contribution in [0.3, 0.4) is 0 Å². The molecule has 0 atom stereocenters. The SMILES string of the molecule is CCCCC/C=C\NCCC. The summed E-state index contributed by atoms with van der Waals surface area (Å²) in [4.78, 5) is 0. The Morgan fingerprint density at radius 1 is 1.09 bits per heavy atom. The lowest BCUT2D eigenvalue weighted by molar-refractivity contribution is 0.724. The molecule has 0 aromatic rings. The first-order valence-electron chi connectivity index (χ1n) is 4.80. The average molecular weight is 155 g/mol. The summed E-state index contributed by atoms with van der Waals surface area (Å²) in [6.07, 6.45) is 10.8. The van der Waals surface area contributed by atoms with E-state index in [0.29, 0.717) is 0 Å². The number of allylic oxidation sites excluding steroid dienone is 1. The van der Waals surface area contributed by atoms with Gasteiger partial charge in [0.2, 0.25) is 0 Å². The molecule has 0 aromatic carbocycles. The van der Waals surface area contributed by atoms with Crippen molar-refractivity contribution in [1.82, 2.24) is 5.32 Å². The van der Waals surface area contributed by atoms with Crippen molar-refractivity contribution in [1.29, 1.82) is 0 Å². The maximum Gasteiger partial charge on any atom is 0.0138 e. The van der Waals surface area contributed by atoms with Crippen molar-refractivity contribution in [2.45, 2.75) is 46.0 Å². The largest absolute Gasteiger partial charge is 0.391 e. The van der Waals surface area contributed by atoms with E-state index in [0.717, 1.165) is 6.54 Å². The van der Waals surface area contributed by atoms with Crippen molar-refractivity contribution >= 4 is 0 Å². The number of unbranched alkanes of at least 4 members (excludes halogenated alkanes) is 3. The van der Waals surface area contributed by atoms with Crippen molar-refractivity contribution in [2.75, 3.05) is 6.54 Å². The highest BCUT2D eigenvalue weighted by Crippen LogP contribution is 1.98. The quantitative estimate of drug-likeness (QED) is 0.557. The van der Waals surface area contributed by atoms with Gasteiger partial charge in [0.05, 0.1) is 0 Å². The zero-order chi connectivity index (χ0) is 8.36. The van der Waals surface area contributed by atoms with Crippen LogP contribution in [0.2, 0.25) is 0 Å². The van der Waals surface area contributed by atoms with E-state index in [4.69, 9.17) is 0 Å². The third-order valence-corrected chi connectivity index (χ3v) is 1.60. The molecule has 0 saturated heterocycles. The minimum Gasteiger partial charge on any atom is -0.391 e. The van der Waals surface area contributed by atoms with Crippen LogP contribution in [0.1, 0.15) is 46.0 Å². The van der Waals surface area contributed by atoms with Crippen LogP contribution in [0.15, 0.2) is 12.3 Å². The van der Waals surface area contributed by atoms with Gasteiger partial charge in [-0.1, -0.05) is 32.8 Å². The smallest absolute Gasteiger partial charge is 0.0138 e. The average Bonchev–Trinajstić information content (AvgIpc) is 2.03. The van der Waals surface area contributed by atoms with Crippen molar-refractivity contribution < 1.29 is 0 Å². The van der Waals surface area contributed by atoms with Gasteiger partial charge < -0.3 is 5.32 Å². The van der Waals surface area contributed by atoms with E-state index in [-0.39, 0.29) is 0 Å². The Hall–Kier alpha value is -0.460. The molecule has 0 aliphatic heterocycles. The summed E-state index contributed by atoms with van der Waals surface area (Å²) in [6.45, 7) is 5.52. The molecular formula is C10H21N. The summed E-state index contributed by atoms with van der Waals surface area (Å²) in [5, 5.41) is 3.23. The summed E-state index contributed by atoms with van der Waals surface area (Å²) in [5.41, 5.74) is 0. The molecule has 0 aliphatic carbocycles. The van der Waals surface area contributed by atoms with Crippen LogP contribution in [-0.2, 0) is 0 Å². The second kappa shape index (κ2) is 9.54. The molecule has 0 spiro atoms. The lowest BCUT2D eigenvalue weighted by Crippen LogP contribution is -2.04. The van der Waals surface area contributed by atoms with E-state index in [9.17, 15) is 0 Å². The molecule has 1 heteroatoms. The minimum absolute atomic E-state index is 1.10. The lowest BCUT2D eigenvalue weighted by Gasteiger charge is -1.95. The van der Waals surface area contributed by atoms with Crippen molar-refractivity contribution in [3.8, 4) is 0 Å². The highest BCUT2D eigenvalue weighted by molar-refractivity contribution is 4.78. The Morgan fingerprint density at radius 2 is 1.91 bits per heavy atom. The molecule has 0 fully saturated rings. The number of hydrogen-bond acceptors (Lipinski definition) is 1. The van der Waals surface area contributed by atoms with Crippen molar-refractivity contribution in [3.63, 3.8) is 0 Å². The molecule has 1 N–H and O–H groups in total. The van der Waals surface area contributed by atoms with E-state index < -0.39 is 0 Å². The fraction of sp³-hybridized carbons (Fsp3) is 0.800. The second-order valence-corrected chi connectivity index (χ2v) is 2.85. The first-order valence-corrected chi connectivity index (χ1v) is 4.80. The molecule has 11 heavy (non-hydrogen) atoms. The normalized spacial score (nSPS) is 10.7. The molecule has 0 saturated carbocycles. The van der Waals surface area contributed by atoms with Gasteiger partial charge in [-0.3, -0.25) is 0 Å². The first kappa shape index (κ1) is 10.5. The zero-order valence-corrected chi connectivity index (χ0v) is 7.90. The van der Waals surface area contributed by atoms with Gasteiger partial charge in [-0.2, -0.15) is 0 Å². The van der Waals surface area contributed by atoms with Crippen LogP contribution < -0.4 is 5.32 Å². The van der Waals surface area contributed by atoms with Gasteiger partial charge in [0, 0.05) is 6.54 Å². The zero-order valence-electron chi connectivity index (χ0n) is 7.90. The molecule has 0 rings (SSSR count). The van der Waals surface area contributed by atoms with E-state index in [1.807, 2.05) is 0 Å². The van der Waals surface area contributed by atoms with Gasteiger partial charge >= 0.3 is 0 Å². The third-order valence-electron chi connectivity index (χ3n) is 1.60. The lowest BCUT2D eigenvalue weighted by atomic mass is 10.2. The molecule has 0 aliphatic rings. The fourth-order valence-electron chi connectivity index (χ4n) is 0.907. The predicted octanol–water partition coefficient (Wildman–Crippen LogP) is 3.08. The van der Waals surface area contributed by atoms with Crippen LogP contribution >= 0.6 is 0 Å². The summed E-state index contributed by atoms with van der Waals surface area (Å²) >= 11 is 0. The molecule has 66 valence electrons. The molecule has 0 aromatic heterocycles. The Balaban J connectivity index is 2.91. The minimum atomic E-state index is 1.10. The topological polar surface area (TPSA) is 12.0 Å². The molecule has 0 radical (unpaired) electrons. The number of hydrogen-bond donors (Lipinski definition) is 1. The maximum absolute atomic E-state index is 3.23. The Bertz CT molecular complexity index is 86.9. The molecule has 0 amide bonds. The van der Waals surface area contributed by atoms with Crippen molar-refractivity contribution in [3.05, 3.63) is 12.3 Å². The van der Waals surface area contributed by atoms with Crippen LogP contribution in [-0.4, -0.2) is 6.54 Å². The first-order chi connectivity index (χ1) is 5.41. The summed E-state index contributed by atoms with van der Waals surface area (Å²) in [7, 11) is 0. The van der Waals surface area contributed by atoms with E-state index in [1.165, 1.54) is 32.1 Å². The van der Waals surface area contributed by atoms with Gasteiger partial charge in [0.15, 0.2) is 0 Å².